The molecular formula is C22H22N2O3S. The number of carbonyl (C=O) groups excluding carboxylic acids is 1. The highest BCUT2D eigenvalue weighted by molar-refractivity contribution is 7.98. The number of aldehydes is 1. The monoisotopic (exact) mass is 394 g/mol. The van der Waals surface area contributed by atoms with E-state index in [0.717, 1.165) is 54.0 Å². The first-order valence-electron chi connectivity index (χ1n) is 9.47. The van der Waals surface area contributed by atoms with Crippen molar-refractivity contribution in [1.29, 1.82) is 0 Å². The predicted molar refractivity (Wildman–Crippen MR) is 111 cm³/mol. The minimum atomic E-state index is 0.0357. The van der Waals surface area contributed by atoms with Crippen molar-refractivity contribution in [3.63, 3.8) is 0 Å². The highest BCUT2D eigenvalue weighted by atomic mass is 32.2. The lowest BCUT2D eigenvalue weighted by Gasteiger charge is -2.19. The van der Waals surface area contributed by atoms with E-state index in [4.69, 9.17) is 9.72 Å². The van der Waals surface area contributed by atoms with Gasteiger partial charge in [0.1, 0.15) is 12.0 Å². The van der Waals surface area contributed by atoms with Crippen LogP contribution in [-0.4, -0.2) is 22.9 Å². The van der Waals surface area contributed by atoms with Gasteiger partial charge in [0.05, 0.1) is 18.0 Å². The number of ether oxygens (including phenoxy) is 1. The summed E-state index contributed by atoms with van der Waals surface area (Å²) in [5.41, 5.74) is 2.28. The van der Waals surface area contributed by atoms with Crippen molar-refractivity contribution in [3.8, 4) is 5.75 Å². The molecule has 0 spiro atoms. The summed E-state index contributed by atoms with van der Waals surface area (Å²) in [6, 6.07) is 13.1. The van der Waals surface area contributed by atoms with E-state index in [1.807, 2.05) is 34.9 Å². The lowest BCUT2D eigenvalue weighted by Crippen LogP contribution is -2.26. The van der Waals surface area contributed by atoms with Gasteiger partial charge in [-0.15, -0.1) is 0 Å². The van der Waals surface area contributed by atoms with Gasteiger partial charge in [0, 0.05) is 22.9 Å². The van der Waals surface area contributed by atoms with Crippen LogP contribution in [0, 0.1) is 0 Å². The number of para-hydroxylation sites is 1. The number of aromatic nitrogens is 2. The molecule has 4 rings (SSSR count). The first-order valence-corrected chi connectivity index (χ1v) is 10.5. The second-order valence-electron chi connectivity index (χ2n) is 7.00. The van der Waals surface area contributed by atoms with E-state index in [1.165, 1.54) is 11.8 Å². The van der Waals surface area contributed by atoms with E-state index in [-0.39, 0.29) is 11.6 Å². The van der Waals surface area contributed by atoms with Crippen molar-refractivity contribution in [3.05, 3.63) is 63.9 Å². The summed E-state index contributed by atoms with van der Waals surface area (Å²) < 4.78 is 7.32. The SMILES string of the molecule is COc1ccc(C=O)cc1CSc1nc2ccccc2c(=O)n1C1CCCC1. The molecule has 28 heavy (non-hydrogen) atoms. The predicted octanol–water partition coefficient (Wildman–Crippen LogP) is 4.63. The van der Waals surface area contributed by atoms with Crippen LogP contribution in [0.3, 0.4) is 0 Å². The van der Waals surface area contributed by atoms with Crippen molar-refractivity contribution in [2.24, 2.45) is 0 Å². The Kier molecular flexibility index (Phi) is 5.48. The standard InChI is InChI=1S/C22H22N2O3S/c1-27-20-11-10-15(13-25)12-16(20)14-28-22-23-19-9-5-4-8-18(19)21(26)24(22)17-6-2-3-7-17/h4-5,8-13,17H,2-3,6-7,14H2,1H3. The van der Waals surface area contributed by atoms with Crippen LogP contribution in [0.5, 0.6) is 5.75 Å². The first kappa shape index (κ1) is 18.7. The zero-order chi connectivity index (χ0) is 19.5. The summed E-state index contributed by atoms with van der Waals surface area (Å²) in [7, 11) is 1.62. The Hall–Kier alpha value is -2.60. The summed E-state index contributed by atoms with van der Waals surface area (Å²) in [4.78, 5) is 29.2. The zero-order valence-electron chi connectivity index (χ0n) is 15.8. The molecule has 1 fully saturated rings. The molecule has 1 aliphatic rings. The molecule has 5 nitrogen and oxygen atoms in total. The van der Waals surface area contributed by atoms with Gasteiger partial charge >= 0.3 is 0 Å². The molecule has 0 atom stereocenters. The third-order valence-corrected chi connectivity index (χ3v) is 6.26. The Labute approximate surface area is 167 Å². The summed E-state index contributed by atoms with van der Waals surface area (Å²) in [6.45, 7) is 0. The van der Waals surface area contributed by atoms with Crippen molar-refractivity contribution in [2.45, 2.75) is 42.6 Å². The van der Waals surface area contributed by atoms with Crippen LogP contribution < -0.4 is 10.3 Å². The Morgan fingerprint density at radius 2 is 2.00 bits per heavy atom. The number of rotatable bonds is 6. The van der Waals surface area contributed by atoms with Gasteiger partial charge in [-0.1, -0.05) is 36.7 Å². The maximum atomic E-state index is 13.2. The third kappa shape index (κ3) is 3.56. The molecule has 0 radical (unpaired) electrons. The van der Waals surface area contributed by atoms with Gasteiger partial charge in [0.25, 0.3) is 5.56 Å². The van der Waals surface area contributed by atoms with E-state index in [9.17, 15) is 9.59 Å². The van der Waals surface area contributed by atoms with Crippen LogP contribution in [0.2, 0.25) is 0 Å². The molecule has 1 saturated carbocycles. The molecule has 6 heteroatoms. The third-order valence-electron chi connectivity index (χ3n) is 5.26. The lowest BCUT2D eigenvalue weighted by atomic mass is 10.1. The van der Waals surface area contributed by atoms with Gasteiger partial charge < -0.3 is 4.74 Å². The molecule has 144 valence electrons. The van der Waals surface area contributed by atoms with Gasteiger partial charge in [0.2, 0.25) is 0 Å². The van der Waals surface area contributed by atoms with E-state index in [1.54, 1.807) is 19.2 Å². The smallest absolute Gasteiger partial charge is 0.262 e. The van der Waals surface area contributed by atoms with Crippen molar-refractivity contribution in [2.75, 3.05) is 7.11 Å². The number of nitrogens with zero attached hydrogens (tertiary/aromatic N) is 2. The number of benzene rings is 2. The van der Waals surface area contributed by atoms with Crippen molar-refractivity contribution >= 4 is 29.0 Å². The van der Waals surface area contributed by atoms with Crippen LogP contribution in [0.4, 0.5) is 0 Å². The minimum absolute atomic E-state index is 0.0357. The van der Waals surface area contributed by atoms with E-state index in [2.05, 4.69) is 0 Å². The lowest BCUT2D eigenvalue weighted by molar-refractivity contribution is 0.112. The molecule has 0 amide bonds. The van der Waals surface area contributed by atoms with Crippen LogP contribution in [0.15, 0.2) is 52.4 Å². The quantitative estimate of drug-likeness (QED) is 0.347. The molecule has 0 saturated heterocycles. The summed E-state index contributed by atoms with van der Waals surface area (Å²) >= 11 is 1.52. The van der Waals surface area contributed by atoms with Crippen molar-refractivity contribution in [1.82, 2.24) is 9.55 Å². The normalized spacial score (nSPS) is 14.5. The Balaban J connectivity index is 1.75. The van der Waals surface area contributed by atoms with E-state index < -0.39 is 0 Å². The van der Waals surface area contributed by atoms with Gasteiger partial charge in [0.15, 0.2) is 5.16 Å². The number of fused-ring (bicyclic) bond motifs is 1. The molecule has 2 aromatic carbocycles. The van der Waals surface area contributed by atoms with Gasteiger partial charge in [-0.25, -0.2) is 4.98 Å². The molecule has 0 N–H and O–H groups in total. The number of thioether (sulfide) groups is 1. The first-order chi connectivity index (χ1) is 13.7. The molecule has 1 heterocycles. The van der Waals surface area contributed by atoms with Crippen LogP contribution in [0.25, 0.3) is 10.9 Å². The molecule has 3 aromatic rings. The van der Waals surface area contributed by atoms with Crippen LogP contribution >= 0.6 is 11.8 Å². The number of hydrogen-bond donors (Lipinski definition) is 0. The molecule has 0 aliphatic heterocycles. The second-order valence-corrected chi connectivity index (χ2v) is 7.95. The van der Waals surface area contributed by atoms with Gasteiger partial charge in [-0.2, -0.15) is 0 Å². The molecule has 0 bridgehead atoms. The molecule has 0 unspecified atom stereocenters. The summed E-state index contributed by atoms with van der Waals surface area (Å²) in [5, 5.41) is 1.40. The molecule has 1 aliphatic carbocycles. The Morgan fingerprint density at radius 1 is 1.21 bits per heavy atom. The fourth-order valence-corrected chi connectivity index (χ4v) is 4.88. The Morgan fingerprint density at radius 3 is 2.75 bits per heavy atom. The zero-order valence-corrected chi connectivity index (χ0v) is 16.6. The van der Waals surface area contributed by atoms with Crippen molar-refractivity contribution < 1.29 is 9.53 Å². The van der Waals surface area contributed by atoms with Gasteiger partial charge in [-0.05, 0) is 43.2 Å². The summed E-state index contributed by atoms with van der Waals surface area (Å²) in [6.07, 6.45) is 5.14. The maximum Gasteiger partial charge on any atom is 0.262 e. The topological polar surface area (TPSA) is 61.2 Å². The maximum absolute atomic E-state index is 13.2. The van der Waals surface area contributed by atoms with E-state index in [0.29, 0.717) is 16.7 Å². The second kappa shape index (κ2) is 8.19. The van der Waals surface area contributed by atoms with Gasteiger partial charge in [-0.3, -0.25) is 14.2 Å². The summed E-state index contributed by atoms with van der Waals surface area (Å²) in [5.74, 6) is 1.30. The highest BCUT2D eigenvalue weighted by Crippen LogP contribution is 2.34. The fourth-order valence-electron chi connectivity index (χ4n) is 3.84. The largest absolute Gasteiger partial charge is 0.496 e. The molecule has 1 aromatic heterocycles. The highest BCUT2D eigenvalue weighted by Gasteiger charge is 2.23. The fraction of sp³-hybridized carbons (Fsp3) is 0.318. The average molecular weight is 394 g/mol. The average Bonchev–Trinajstić information content (AvgIpc) is 3.26. The number of methoxy groups -OCH3 is 1. The van der Waals surface area contributed by atoms with E-state index >= 15 is 0 Å². The number of carbonyl (C=O) groups is 1. The number of hydrogen-bond acceptors (Lipinski definition) is 5. The molecular weight excluding hydrogens is 372 g/mol. The Bertz CT molecular complexity index is 1070. The van der Waals surface area contributed by atoms with Crippen LogP contribution in [-0.2, 0) is 5.75 Å². The minimum Gasteiger partial charge on any atom is -0.496 e. The van der Waals surface area contributed by atoms with Crippen LogP contribution in [0.1, 0.15) is 47.6 Å².